The third-order valence-corrected chi connectivity index (χ3v) is 6.14. The first kappa shape index (κ1) is 18.9. The van der Waals surface area contributed by atoms with E-state index >= 15 is 0 Å². The van der Waals surface area contributed by atoms with E-state index in [-0.39, 0.29) is 17.9 Å². The Morgan fingerprint density at radius 2 is 1.96 bits per heavy atom. The summed E-state index contributed by atoms with van der Waals surface area (Å²) in [5, 5.41) is 4.00. The Labute approximate surface area is 168 Å². The molecular formula is C21H24N4O2S. The van der Waals surface area contributed by atoms with Crippen LogP contribution in [0.1, 0.15) is 18.5 Å². The number of aromatic nitrogens is 1. The number of morpholine rings is 1. The molecule has 1 saturated heterocycles. The van der Waals surface area contributed by atoms with Gasteiger partial charge in [0.15, 0.2) is 5.13 Å². The normalized spacial score (nSPS) is 16.7. The predicted octanol–water partition coefficient (Wildman–Crippen LogP) is 3.41. The fourth-order valence-electron chi connectivity index (χ4n) is 3.26. The van der Waals surface area contributed by atoms with Gasteiger partial charge in [-0.3, -0.25) is 4.79 Å². The van der Waals surface area contributed by atoms with E-state index in [9.17, 15) is 4.79 Å². The molecule has 28 heavy (non-hydrogen) atoms. The molecular weight excluding hydrogens is 372 g/mol. The van der Waals surface area contributed by atoms with Crippen molar-refractivity contribution in [1.82, 2.24) is 4.98 Å². The SMILES string of the molecule is CC(C(=O)Nc1ccc2nc(N3CCOCC3)sc2c1)C(N)c1ccccc1. The highest BCUT2D eigenvalue weighted by atomic mass is 32.1. The molecule has 1 fully saturated rings. The van der Waals surface area contributed by atoms with E-state index in [2.05, 4.69) is 10.2 Å². The minimum absolute atomic E-state index is 0.0892. The minimum Gasteiger partial charge on any atom is -0.378 e. The van der Waals surface area contributed by atoms with Crippen molar-refractivity contribution in [3.63, 3.8) is 0 Å². The number of rotatable bonds is 5. The molecule has 0 spiro atoms. The third-order valence-electron chi connectivity index (χ3n) is 5.06. The van der Waals surface area contributed by atoms with Crippen molar-refractivity contribution in [1.29, 1.82) is 0 Å². The number of nitrogens with two attached hydrogens (primary N) is 1. The molecule has 1 amide bonds. The lowest BCUT2D eigenvalue weighted by Gasteiger charge is -2.25. The van der Waals surface area contributed by atoms with Crippen molar-refractivity contribution in [2.45, 2.75) is 13.0 Å². The van der Waals surface area contributed by atoms with Gasteiger partial charge in [-0.25, -0.2) is 4.98 Å². The predicted molar refractivity (Wildman–Crippen MR) is 114 cm³/mol. The van der Waals surface area contributed by atoms with E-state index in [1.165, 1.54) is 0 Å². The lowest BCUT2D eigenvalue weighted by molar-refractivity contribution is -0.120. The van der Waals surface area contributed by atoms with E-state index < -0.39 is 0 Å². The molecule has 1 aliphatic heterocycles. The average Bonchev–Trinajstić information content (AvgIpc) is 3.17. The van der Waals surface area contributed by atoms with Crippen molar-refractivity contribution in [2.24, 2.45) is 11.7 Å². The number of benzene rings is 2. The van der Waals surface area contributed by atoms with E-state index in [1.807, 2.05) is 55.5 Å². The first-order valence-corrected chi connectivity index (χ1v) is 10.3. The molecule has 1 aliphatic rings. The Bertz CT molecular complexity index is 953. The summed E-state index contributed by atoms with van der Waals surface area (Å²) in [6.07, 6.45) is 0. The average molecular weight is 397 g/mol. The van der Waals surface area contributed by atoms with Gasteiger partial charge in [-0.05, 0) is 23.8 Å². The molecule has 146 valence electrons. The van der Waals surface area contributed by atoms with Gasteiger partial charge in [0.1, 0.15) is 0 Å². The molecule has 6 nitrogen and oxygen atoms in total. The van der Waals surface area contributed by atoms with Crippen LogP contribution in [0.3, 0.4) is 0 Å². The van der Waals surface area contributed by atoms with E-state index in [4.69, 9.17) is 15.5 Å². The molecule has 3 N–H and O–H groups in total. The standard InChI is InChI=1S/C21H24N4O2S/c1-14(19(22)15-5-3-2-4-6-15)20(26)23-16-7-8-17-18(13-16)28-21(24-17)25-9-11-27-12-10-25/h2-8,13-14,19H,9-12,22H2,1H3,(H,23,26). The van der Waals surface area contributed by atoms with Gasteiger partial charge in [-0.1, -0.05) is 48.6 Å². The minimum atomic E-state index is -0.346. The van der Waals surface area contributed by atoms with Crippen LogP contribution < -0.4 is 16.0 Å². The largest absolute Gasteiger partial charge is 0.378 e. The fourth-order valence-corrected chi connectivity index (χ4v) is 4.32. The van der Waals surface area contributed by atoms with Gasteiger partial charge in [-0.15, -0.1) is 0 Å². The van der Waals surface area contributed by atoms with Crippen LogP contribution in [0.2, 0.25) is 0 Å². The number of ether oxygens (including phenoxy) is 1. The summed E-state index contributed by atoms with van der Waals surface area (Å²) in [5.74, 6) is -0.433. The van der Waals surface area contributed by atoms with Gasteiger partial charge >= 0.3 is 0 Å². The van der Waals surface area contributed by atoms with Crippen molar-refractivity contribution < 1.29 is 9.53 Å². The number of anilines is 2. The monoisotopic (exact) mass is 396 g/mol. The molecule has 2 heterocycles. The van der Waals surface area contributed by atoms with Crippen molar-refractivity contribution in [3.8, 4) is 0 Å². The van der Waals surface area contributed by atoms with Crippen LogP contribution in [0.15, 0.2) is 48.5 Å². The lowest BCUT2D eigenvalue weighted by atomic mass is 9.94. The van der Waals surface area contributed by atoms with Gasteiger partial charge in [-0.2, -0.15) is 0 Å². The summed E-state index contributed by atoms with van der Waals surface area (Å²) in [6, 6.07) is 15.2. The molecule has 0 saturated carbocycles. The topological polar surface area (TPSA) is 80.5 Å². The Hall–Kier alpha value is -2.48. The quantitative estimate of drug-likeness (QED) is 0.691. The second-order valence-corrected chi connectivity index (χ2v) is 8.00. The molecule has 2 aromatic carbocycles. The van der Waals surface area contributed by atoms with E-state index in [0.717, 1.165) is 52.9 Å². The molecule has 0 bridgehead atoms. The summed E-state index contributed by atoms with van der Waals surface area (Å²) < 4.78 is 6.46. The van der Waals surface area contributed by atoms with E-state index in [0.29, 0.717) is 0 Å². The Morgan fingerprint density at radius 3 is 2.71 bits per heavy atom. The molecule has 4 rings (SSSR count). The zero-order valence-corrected chi connectivity index (χ0v) is 16.6. The van der Waals surface area contributed by atoms with Crippen LogP contribution in [0, 0.1) is 5.92 Å². The highest BCUT2D eigenvalue weighted by Crippen LogP contribution is 2.31. The number of carbonyl (C=O) groups excluding carboxylic acids is 1. The Morgan fingerprint density at radius 1 is 1.21 bits per heavy atom. The van der Waals surface area contributed by atoms with Gasteiger partial charge in [0.05, 0.1) is 29.3 Å². The summed E-state index contributed by atoms with van der Waals surface area (Å²) in [5.41, 5.74) is 8.95. The fraction of sp³-hybridized carbons (Fsp3) is 0.333. The van der Waals surface area contributed by atoms with Gasteiger partial charge in [0.2, 0.25) is 5.91 Å². The number of thiazole rings is 1. The maximum Gasteiger partial charge on any atom is 0.229 e. The highest BCUT2D eigenvalue weighted by Gasteiger charge is 2.22. The summed E-state index contributed by atoms with van der Waals surface area (Å²) in [6.45, 7) is 5.04. The molecule has 2 unspecified atom stereocenters. The third kappa shape index (κ3) is 4.01. The van der Waals surface area contributed by atoms with Crippen molar-refractivity contribution in [3.05, 3.63) is 54.1 Å². The number of nitrogens with one attached hydrogen (secondary N) is 1. The maximum atomic E-state index is 12.7. The zero-order valence-electron chi connectivity index (χ0n) is 15.8. The van der Waals surface area contributed by atoms with Crippen LogP contribution in [0.5, 0.6) is 0 Å². The van der Waals surface area contributed by atoms with Crippen molar-refractivity contribution >= 4 is 38.3 Å². The van der Waals surface area contributed by atoms with Gasteiger partial charge < -0.3 is 20.7 Å². The number of carbonyl (C=O) groups is 1. The first-order valence-electron chi connectivity index (χ1n) is 9.46. The Kier molecular flexibility index (Phi) is 5.57. The van der Waals surface area contributed by atoms with E-state index in [1.54, 1.807) is 11.3 Å². The van der Waals surface area contributed by atoms with Crippen LogP contribution in [-0.2, 0) is 9.53 Å². The maximum absolute atomic E-state index is 12.7. The van der Waals surface area contributed by atoms with Gasteiger partial charge in [0.25, 0.3) is 0 Å². The smallest absolute Gasteiger partial charge is 0.229 e. The molecule has 3 aromatic rings. The number of fused-ring (bicyclic) bond motifs is 1. The second kappa shape index (κ2) is 8.26. The van der Waals surface area contributed by atoms with Crippen molar-refractivity contribution in [2.75, 3.05) is 36.5 Å². The van der Waals surface area contributed by atoms with Crippen LogP contribution >= 0.6 is 11.3 Å². The highest BCUT2D eigenvalue weighted by molar-refractivity contribution is 7.22. The summed E-state index contributed by atoms with van der Waals surface area (Å²) in [4.78, 5) is 19.6. The zero-order chi connectivity index (χ0) is 19.5. The number of amides is 1. The van der Waals surface area contributed by atoms with Crippen LogP contribution in [0.25, 0.3) is 10.2 Å². The molecule has 1 aromatic heterocycles. The lowest BCUT2D eigenvalue weighted by Crippen LogP contribution is -2.36. The molecule has 0 aliphatic carbocycles. The van der Waals surface area contributed by atoms with Gasteiger partial charge in [0, 0.05) is 24.8 Å². The molecule has 7 heteroatoms. The number of nitrogens with zero attached hydrogens (tertiary/aromatic N) is 2. The van der Waals surface area contributed by atoms with Crippen LogP contribution in [-0.4, -0.2) is 37.2 Å². The molecule has 2 atom stereocenters. The first-order chi connectivity index (χ1) is 13.6. The number of hydrogen-bond acceptors (Lipinski definition) is 6. The molecule has 0 radical (unpaired) electrons. The summed E-state index contributed by atoms with van der Waals surface area (Å²) >= 11 is 1.64. The van der Waals surface area contributed by atoms with Crippen LogP contribution in [0.4, 0.5) is 10.8 Å². The summed E-state index contributed by atoms with van der Waals surface area (Å²) in [7, 11) is 0. The second-order valence-electron chi connectivity index (χ2n) is 6.99. The Balaban J connectivity index is 1.47. The number of hydrogen-bond donors (Lipinski definition) is 2.